The first kappa shape index (κ1) is 21.4. The molecule has 1 spiro atoms. The molecular weight excluding hydrogens is 384 g/mol. The van der Waals surface area contributed by atoms with Crippen LogP contribution in [-0.4, -0.2) is 86.6 Å². The van der Waals surface area contributed by atoms with E-state index < -0.39 is 0 Å². The van der Waals surface area contributed by atoms with Gasteiger partial charge in [-0.2, -0.15) is 0 Å². The molecule has 1 amide bonds. The first-order chi connectivity index (χ1) is 14.5. The molecule has 166 valence electrons. The maximum Gasteiger partial charge on any atom is 0.254 e. The van der Waals surface area contributed by atoms with Crippen LogP contribution >= 0.6 is 0 Å². The summed E-state index contributed by atoms with van der Waals surface area (Å²) >= 11 is 0. The molecule has 1 aromatic carbocycles. The molecule has 0 bridgehead atoms. The van der Waals surface area contributed by atoms with Crippen molar-refractivity contribution < 1.29 is 24.1 Å². The molecule has 0 radical (unpaired) electrons. The number of aliphatic hydroxyl groups excluding tert-OH is 1. The predicted molar refractivity (Wildman–Crippen MR) is 113 cm³/mol. The first-order valence-corrected chi connectivity index (χ1v) is 11.0. The molecular formula is C23H34N2O5. The lowest BCUT2D eigenvalue weighted by Crippen LogP contribution is -2.44. The number of ether oxygens (including phenoxy) is 3. The second-order valence-electron chi connectivity index (χ2n) is 9.09. The number of β-amino-alcohol motifs (C(OH)–C–C–N with tert-alkyl or cyclic N) is 1. The van der Waals surface area contributed by atoms with Gasteiger partial charge in [0.2, 0.25) is 0 Å². The summed E-state index contributed by atoms with van der Waals surface area (Å²) in [4.78, 5) is 17.3. The van der Waals surface area contributed by atoms with Crippen molar-refractivity contribution in [3.63, 3.8) is 0 Å². The van der Waals surface area contributed by atoms with Crippen molar-refractivity contribution in [2.45, 2.75) is 44.3 Å². The van der Waals surface area contributed by atoms with Crippen LogP contribution in [-0.2, 0) is 4.74 Å². The summed E-state index contributed by atoms with van der Waals surface area (Å²) in [6.45, 7) is 5.00. The van der Waals surface area contributed by atoms with E-state index >= 15 is 0 Å². The summed E-state index contributed by atoms with van der Waals surface area (Å²) < 4.78 is 16.8. The second kappa shape index (κ2) is 9.12. The van der Waals surface area contributed by atoms with Gasteiger partial charge in [-0.1, -0.05) is 0 Å². The van der Waals surface area contributed by atoms with Crippen molar-refractivity contribution in [2.75, 3.05) is 53.6 Å². The number of rotatable bonds is 5. The summed E-state index contributed by atoms with van der Waals surface area (Å²) in [6.07, 6.45) is 5.01. The van der Waals surface area contributed by atoms with E-state index in [2.05, 4.69) is 4.90 Å². The van der Waals surface area contributed by atoms with E-state index in [9.17, 15) is 9.90 Å². The first-order valence-electron chi connectivity index (χ1n) is 11.0. The quantitative estimate of drug-likeness (QED) is 0.790. The van der Waals surface area contributed by atoms with Crippen LogP contribution in [0.4, 0.5) is 0 Å². The highest BCUT2D eigenvalue weighted by atomic mass is 16.5. The van der Waals surface area contributed by atoms with Gasteiger partial charge in [-0.15, -0.1) is 0 Å². The minimum Gasteiger partial charge on any atom is -0.497 e. The van der Waals surface area contributed by atoms with Crippen molar-refractivity contribution in [2.24, 2.45) is 5.41 Å². The van der Waals surface area contributed by atoms with Gasteiger partial charge in [-0.3, -0.25) is 9.69 Å². The normalized spacial score (nSPS) is 26.7. The summed E-state index contributed by atoms with van der Waals surface area (Å²) in [6, 6.07) is 5.33. The Bertz CT molecular complexity index is 725. The summed E-state index contributed by atoms with van der Waals surface area (Å²) in [5.41, 5.74) is 0.786. The zero-order chi connectivity index (χ0) is 21.1. The number of benzene rings is 1. The van der Waals surface area contributed by atoms with Crippen LogP contribution in [0.1, 0.15) is 42.5 Å². The zero-order valence-electron chi connectivity index (χ0n) is 18.1. The molecule has 1 aromatic rings. The highest BCUT2D eigenvalue weighted by molar-refractivity contribution is 5.95. The number of hydrogen-bond acceptors (Lipinski definition) is 6. The molecule has 1 N–H and O–H groups in total. The Hall–Kier alpha value is -1.83. The Kier molecular flexibility index (Phi) is 6.51. The standard InChI is InChI=1S/C23H34N2O5/c1-28-19-10-17(11-20(12-19)29-2)22(27)25-8-5-23(6-9-25)13-21(30-16-23)15-24-7-3-4-18(26)14-24/h10-12,18,21,26H,3-9,13-16H2,1-2H3/t18-,21+/m1/s1. The number of hydrogen-bond donors (Lipinski definition) is 1. The molecule has 7 nitrogen and oxygen atoms in total. The van der Waals surface area contributed by atoms with Gasteiger partial charge in [-0.25, -0.2) is 0 Å². The molecule has 0 unspecified atom stereocenters. The largest absolute Gasteiger partial charge is 0.497 e. The van der Waals surface area contributed by atoms with E-state index in [0.717, 1.165) is 71.4 Å². The van der Waals surface area contributed by atoms with Gasteiger partial charge in [0, 0.05) is 37.8 Å². The van der Waals surface area contributed by atoms with Crippen molar-refractivity contribution in [3.8, 4) is 11.5 Å². The van der Waals surface area contributed by atoms with Crippen LogP contribution in [0.25, 0.3) is 0 Å². The maximum absolute atomic E-state index is 13.1. The number of methoxy groups -OCH3 is 2. The molecule has 3 aliphatic heterocycles. The molecule has 3 fully saturated rings. The Morgan fingerprint density at radius 2 is 1.87 bits per heavy atom. The highest BCUT2D eigenvalue weighted by Gasteiger charge is 2.43. The summed E-state index contributed by atoms with van der Waals surface area (Å²) in [5, 5.41) is 9.90. The number of carbonyl (C=O) groups is 1. The molecule has 3 saturated heterocycles. The molecule has 0 aromatic heterocycles. The van der Waals surface area contributed by atoms with E-state index in [1.165, 1.54) is 0 Å². The average Bonchev–Trinajstić information content (AvgIpc) is 3.15. The third-order valence-electron chi connectivity index (χ3n) is 6.94. The van der Waals surface area contributed by atoms with Gasteiger partial charge in [-0.05, 0) is 56.2 Å². The molecule has 30 heavy (non-hydrogen) atoms. The summed E-state index contributed by atoms with van der Waals surface area (Å²) in [7, 11) is 3.18. The van der Waals surface area contributed by atoms with Crippen LogP contribution in [0, 0.1) is 5.41 Å². The van der Waals surface area contributed by atoms with Crippen molar-refractivity contribution in [3.05, 3.63) is 23.8 Å². The second-order valence-corrected chi connectivity index (χ2v) is 9.09. The lowest BCUT2D eigenvalue weighted by atomic mass is 9.76. The number of nitrogens with zero attached hydrogens (tertiary/aromatic N) is 2. The van der Waals surface area contributed by atoms with Crippen LogP contribution in [0.15, 0.2) is 18.2 Å². The fourth-order valence-corrected chi connectivity index (χ4v) is 5.14. The minimum atomic E-state index is -0.196. The topological polar surface area (TPSA) is 71.5 Å². The van der Waals surface area contributed by atoms with Crippen molar-refractivity contribution in [1.82, 2.24) is 9.80 Å². The number of aliphatic hydroxyl groups is 1. The molecule has 0 saturated carbocycles. The van der Waals surface area contributed by atoms with E-state index in [1.807, 2.05) is 4.90 Å². The van der Waals surface area contributed by atoms with Gasteiger partial charge >= 0.3 is 0 Å². The van der Waals surface area contributed by atoms with Crippen LogP contribution in [0.2, 0.25) is 0 Å². The molecule has 3 heterocycles. The Labute approximate surface area is 178 Å². The maximum atomic E-state index is 13.1. The van der Waals surface area contributed by atoms with Gasteiger partial charge in [0.15, 0.2) is 0 Å². The van der Waals surface area contributed by atoms with E-state index in [4.69, 9.17) is 14.2 Å². The average molecular weight is 419 g/mol. The Morgan fingerprint density at radius 3 is 2.50 bits per heavy atom. The summed E-state index contributed by atoms with van der Waals surface area (Å²) in [5.74, 6) is 1.28. The van der Waals surface area contributed by atoms with E-state index in [0.29, 0.717) is 17.1 Å². The molecule has 4 rings (SSSR count). The van der Waals surface area contributed by atoms with Gasteiger partial charge in [0.1, 0.15) is 11.5 Å². The molecule has 0 aliphatic carbocycles. The Morgan fingerprint density at radius 1 is 1.17 bits per heavy atom. The highest BCUT2D eigenvalue weighted by Crippen LogP contribution is 2.42. The minimum absolute atomic E-state index is 0.0276. The monoisotopic (exact) mass is 418 g/mol. The number of likely N-dealkylation sites (tertiary alicyclic amines) is 2. The number of amides is 1. The van der Waals surface area contributed by atoms with Gasteiger partial charge < -0.3 is 24.2 Å². The van der Waals surface area contributed by atoms with Crippen LogP contribution in [0.3, 0.4) is 0 Å². The predicted octanol–water partition coefficient (Wildman–Crippen LogP) is 2.17. The SMILES string of the molecule is COc1cc(OC)cc(C(=O)N2CCC3(CC2)CO[C@H](CN2CCC[C@@H](O)C2)C3)c1. The molecule has 7 heteroatoms. The van der Waals surface area contributed by atoms with Crippen LogP contribution in [0.5, 0.6) is 11.5 Å². The number of piperidine rings is 2. The van der Waals surface area contributed by atoms with E-state index in [1.54, 1.807) is 32.4 Å². The molecule has 3 aliphatic rings. The fraction of sp³-hybridized carbons (Fsp3) is 0.696. The van der Waals surface area contributed by atoms with Crippen molar-refractivity contribution in [1.29, 1.82) is 0 Å². The van der Waals surface area contributed by atoms with E-state index in [-0.39, 0.29) is 23.5 Å². The fourth-order valence-electron chi connectivity index (χ4n) is 5.14. The van der Waals surface area contributed by atoms with Gasteiger partial charge in [0.05, 0.1) is 33.0 Å². The molecule has 2 atom stereocenters. The lowest BCUT2D eigenvalue weighted by Gasteiger charge is -2.38. The smallest absolute Gasteiger partial charge is 0.254 e. The third-order valence-corrected chi connectivity index (χ3v) is 6.94. The zero-order valence-corrected chi connectivity index (χ0v) is 18.1. The van der Waals surface area contributed by atoms with Crippen molar-refractivity contribution >= 4 is 5.91 Å². The van der Waals surface area contributed by atoms with Gasteiger partial charge in [0.25, 0.3) is 5.91 Å². The van der Waals surface area contributed by atoms with Crippen LogP contribution < -0.4 is 9.47 Å². The lowest BCUT2D eigenvalue weighted by molar-refractivity contribution is 0.0227. The number of carbonyl (C=O) groups excluding carboxylic acids is 1. The third kappa shape index (κ3) is 4.74. The Balaban J connectivity index is 1.32.